The summed E-state index contributed by atoms with van der Waals surface area (Å²) in [7, 11) is -2.38. The zero-order chi connectivity index (χ0) is 22.6. The molecule has 0 unspecified atom stereocenters. The fourth-order valence-electron chi connectivity index (χ4n) is 4.59. The SMILES string of the molecule is COC(=O)c1ccc(C#Cc2ccccc2NS(=O)(=O)N2CCC[C@H]3CCCC[C@@H]32)cn1. The van der Waals surface area contributed by atoms with Crippen molar-refractivity contribution in [1.82, 2.24) is 9.29 Å². The van der Waals surface area contributed by atoms with Crippen LogP contribution in [-0.4, -0.2) is 43.4 Å². The first kappa shape index (κ1) is 22.3. The predicted octanol–water partition coefficient (Wildman–Crippen LogP) is 3.58. The van der Waals surface area contributed by atoms with Crippen molar-refractivity contribution in [3.05, 3.63) is 59.4 Å². The molecule has 168 valence electrons. The molecule has 32 heavy (non-hydrogen) atoms. The Hall–Kier alpha value is -2.89. The van der Waals surface area contributed by atoms with Gasteiger partial charge < -0.3 is 4.74 Å². The van der Waals surface area contributed by atoms with Gasteiger partial charge in [-0.05, 0) is 55.9 Å². The number of methoxy groups -OCH3 is 1. The zero-order valence-electron chi connectivity index (χ0n) is 18.1. The molecule has 0 amide bonds. The van der Waals surface area contributed by atoms with Gasteiger partial charge in [-0.3, -0.25) is 4.72 Å². The van der Waals surface area contributed by atoms with Gasteiger partial charge in [-0.2, -0.15) is 12.7 Å². The van der Waals surface area contributed by atoms with Crippen molar-refractivity contribution in [3.63, 3.8) is 0 Å². The minimum absolute atomic E-state index is 0.0904. The maximum absolute atomic E-state index is 13.3. The van der Waals surface area contributed by atoms with Crippen LogP contribution >= 0.6 is 0 Å². The van der Waals surface area contributed by atoms with E-state index in [1.807, 2.05) is 6.07 Å². The van der Waals surface area contributed by atoms with E-state index in [0.717, 1.165) is 32.1 Å². The summed E-state index contributed by atoms with van der Waals surface area (Å²) in [6, 6.07) is 10.4. The van der Waals surface area contributed by atoms with E-state index in [4.69, 9.17) is 0 Å². The minimum Gasteiger partial charge on any atom is -0.464 e. The molecule has 1 saturated heterocycles. The molecule has 1 saturated carbocycles. The minimum atomic E-state index is -3.68. The molecule has 4 rings (SSSR count). The number of carbonyl (C=O) groups is 1. The highest BCUT2D eigenvalue weighted by Gasteiger charge is 2.39. The second kappa shape index (κ2) is 9.72. The van der Waals surface area contributed by atoms with Crippen molar-refractivity contribution in [3.8, 4) is 11.8 Å². The number of aromatic nitrogens is 1. The van der Waals surface area contributed by atoms with E-state index >= 15 is 0 Å². The lowest BCUT2D eigenvalue weighted by molar-refractivity contribution is 0.0594. The number of nitrogens with zero attached hydrogens (tertiary/aromatic N) is 2. The highest BCUT2D eigenvalue weighted by molar-refractivity contribution is 7.90. The van der Waals surface area contributed by atoms with E-state index in [1.54, 1.807) is 34.6 Å². The number of nitrogens with one attached hydrogen (secondary N) is 1. The summed E-state index contributed by atoms with van der Waals surface area (Å²) in [6.45, 7) is 0.558. The number of fused-ring (bicyclic) bond motifs is 1. The van der Waals surface area contributed by atoms with E-state index in [2.05, 4.69) is 26.3 Å². The van der Waals surface area contributed by atoms with Gasteiger partial charge in [0.2, 0.25) is 0 Å². The van der Waals surface area contributed by atoms with Crippen molar-refractivity contribution in [2.24, 2.45) is 5.92 Å². The molecule has 2 fully saturated rings. The number of hydrogen-bond donors (Lipinski definition) is 1. The number of rotatable bonds is 4. The zero-order valence-corrected chi connectivity index (χ0v) is 18.9. The van der Waals surface area contributed by atoms with Crippen LogP contribution in [0.25, 0.3) is 0 Å². The summed E-state index contributed by atoms with van der Waals surface area (Å²) in [5.74, 6) is 5.96. The van der Waals surface area contributed by atoms with E-state index in [-0.39, 0.29) is 11.7 Å². The van der Waals surface area contributed by atoms with Gasteiger partial charge in [-0.25, -0.2) is 9.78 Å². The lowest BCUT2D eigenvalue weighted by Gasteiger charge is -2.43. The molecule has 2 atom stereocenters. The number of esters is 1. The number of carbonyl (C=O) groups excluding carboxylic acids is 1. The van der Waals surface area contributed by atoms with Gasteiger partial charge in [0, 0.05) is 29.9 Å². The van der Waals surface area contributed by atoms with Crippen LogP contribution in [0.4, 0.5) is 5.69 Å². The Bertz CT molecular complexity index is 1130. The highest BCUT2D eigenvalue weighted by atomic mass is 32.2. The van der Waals surface area contributed by atoms with Crippen molar-refractivity contribution in [2.75, 3.05) is 18.4 Å². The molecule has 0 radical (unpaired) electrons. The Balaban J connectivity index is 1.54. The number of ether oxygens (including phenoxy) is 1. The summed E-state index contributed by atoms with van der Waals surface area (Å²) in [5, 5.41) is 0. The fourth-order valence-corrected chi connectivity index (χ4v) is 6.17. The molecule has 0 bridgehead atoms. The predicted molar refractivity (Wildman–Crippen MR) is 122 cm³/mol. The van der Waals surface area contributed by atoms with Crippen LogP contribution < -0.4 is 4.72 Å². The standard InChI is InChI=1S/C24H27N3O4S/c1-31-24(28)22-15-13-18(17-25-22)12-14-19-7-2-4-10-21(19)26-32(29,30)27-16-6-9-20-8-3-5-11-23(20)27/h2,4,7,10,13,15,17,20,23,26H,3,5-6,8-9,11,16H2,1H3/t20-,23+/m1/s1. The molecule has 1 N–H and O–H groups in total. The smallest absolute Gasteiger partial charge is 0.356 e. The number of piperidine rings is 1. The van der Waals surface area contributed by atoms with Crippen LogP contribution in [-0.2, 0) is 14.9 Å². The van der Waals surface area contributed by atoms with Crippen LogP contribution in [0.3, 0.4) is 0 Å². The number of hydrogen-bond acceptors (Lipinski definition) is 5. The summed E-state index contributed by atoms with van der Waals surface area (Å²) in [6.07, 6.45) is 7.82. The molecule has 2 heterocycles. The van der Waals surface area contributed by atoms with Gasteiger partial charge in [0.05, 0.1) is 12.8 Å². The van der Waals surface area contributed by atoms with Gasteiger partial charge in [-0.1, -0.05) is 36.8 Å². The van der Waals surface area contributed by atoms with Crippen LogP contribution in [0.1, 0.15) is 60.1 Å². The Morgan fingerprint density at radius 1 is 1.09 bits per heavy atom. The van der Waals surface area contributed by atoms with E-state index in [1.165, 1.54) is 19.7 Å². The summed E-state index contributed by atoms with van der Waals surface area (Å²) in [4.78, 5) is 15.6. The summed E-state index contributed by atoms with van der Waals surface area (Å²) >= 11 is 0. The Morgan fingerprint density at radius 2 is 1.88 bits per heavy atom. The molecule has 7 nitrogen and oxygen atoms in total. The van der Waals surface area contributed by atoms with Crippen LogP contribution in [0.15, 0.2) is 42.6 Å². The van der Waals surface area contributed by atoms with Crippen molar-refractivity contribution in [2.45, 2.75) is 44.6 Å². The van der Waals surface area contributed by atoms with Gasteiger partial charge in [-0.15, -0.1) is 0 Å². The molecule has 8 heteroatoms. The fraction of sp³-hybridized carbons (Fsp3) is 0.417. The lowest BCUT2D eigenvalue weighted by Crippen LogP contribution is -2.51. The van der Waals surface area contributed by atoms with Crippen molar-refractivity contribution in [1.29, 1.82) is 0 Å². The Kier molecular flexibility index (Phi) is 6.77. The third-order valence-corrected chi connectivity index (χ3v) is 7.72. The number of para-hydroxylation sites is 1. The highest BCUT2D eigenvalue weighted by Crippen LogP contribution is 2.37. The first-order valence-corrected chi connectivity index (χ1v) is 12.4. The van der Waals surface area contributed by atoms with E-state index in [0.29, 0.717) is 29.3 Å². The molecular formula is C24H27N3O4S. The van der Waals surface area contributed by atoms with E-state index < -0.39 is 16.2 Å². The van der Waals surface area contributed by atoms with Gasteiger partial charge in [0.25, 0.3) is 0 Å². The van der Waals surface area contributed by atoms with Crippen molar-refractivity contribution >= 4 is 21.9 Å². The number of anilines is 1. The molecule has 0 spiro atoms. The second-order valence-electron chi connectivity index (χ2n) is 8.19. The molecule has 1 aromatic heterocycles. The molecule has 2 aromatic rings. The average molecular weight is 454 g/mol. The van der Waals surface area contributed by atoms with E-state index in [9.17, 15) is 13.2 Å². The maximum atomic E-state index is 13.3. The number of benzene rings is 1. The van der Waals surface area contributed by atoms with Crippen LogP contribution in [0, 0.1) is 17.8 Å². The lowest BCUT2D eigenvalue weighted by atomic mass is 9.79. The molecule has 2 aliphatic rings. The monoisotopic (exact) mass is 453 g/mol. The van der Waals surface area contributed by atoms with Crippen LogP contribution in [0.2, 0.25) is 0 Å². The average Bonchev–Trinajstić information content (AvgIpc) is 2.82. The molecule has 1 aliphatic carbocycles. The number of pyridine rings is 1. The Morgan fingerprint density at radius 3 is 2.66 bits per heavy atom. The topological polar surface area (TPSA) is 88.6 Å². The second-order valence-corrected chi connectivity index (χ2v) is 9.81. The summed E-state index contributed by atoms with van der Waals surface area (Å²) in [5.41, 5.74) is 1.84. The third-order valence-electron chi connectivity index (χ3n) is 6.17. The largest absolute Gasteiger partial charge is 0.464 e. The molecular weight excluding hydrogens is 426 g/mol. The summed E-state index contributed by atoms with van der Waals surface area (Å²) < 4.78 is 35.6. The maximum Gasteiger partial charge on any atom is 0.356 e. The first-order chi connectivity index (χ1) is 15.5. The normalized spacial score (nSPS) is 21.0. The van der Waals surface area contributed by atoms with Crippen LogP contribution in [0.5, 0.6) is 0 Å². The molecule has 1 aliphatic heterocycles. The third kappa shape index (κ3) is 4.95. The quantitative estimate of drug-likeness (QED) is 0.565. The van der Waals surface area contributed by atoms with Gasteiger partial charge >= 0.3 is 16.2 Å². The van der Waals surface area contributed by atoms with Gasteiger partial charge in [0.1, 0.15) is 5.69 Å². The Labute approximate surface area is 189 Å². The van der Waals surface area contributed by atoms with Gasteiger partial charge in [0.15, 0.2) is 0 Å². The molecule has 1 aromatic carbocycles. The van der Waals surface area contributed by atoms with Crippen molar-refractivity contribution < 1.29 is 17.9 Å². The first-order valence-electron chi connectivity index (χ1n) is 10.9.